The molecule has 0 radical (unpaired) electrons. The van der Waals surface area contributed by atoms with Crippen LogP contribution in [0.3, 0.4) is 0 Å². The van der Waals surface area contributed by atoms with Crippen molar-refractivity contribution >= 4 is 41.0 Å². The molecule has 1 aliphatic rings. The Balaban J connectivity index is 1.99. The van der Waals surface area contributed by atoms with Crippen molar-refractivity contribution < 1.29 is 29.3 Å². The fraction of sp³-hybridized carbons (Fsp3) is 0.450. The molecule has 31 heavy (non-hydrogen) atoms. The molecule has 11 heteroatoms. The quantitative estimate of drug-likeness (QED) is 0.489. The van der Waals surface area contributed by atoms with Gasteiger partial charge in [0.2, 0.25) is 0 Å². The number of nitrogens with zero attached hydrogens (tertiary/aromatic N) is 3. The maximum atomic E-state index is 12.8. The van der Waals surface area contributed by atoms with Gasteiger partial charge in [0.1, 0.15) is 0 Å². The first-order valence-electron chi connectivity index (χ1n) is 9.48. The lowest BCUT2D eigenvalue weighted by Gasteiger charge is -2.24. The number of methoxy groups -OCH3 is 1. The third-order valence-corrected chi connectivity index (χ3v) is 5.56. The van der Waals surface area contributed by atoms with Crippen LogP contribution in [0.5, 0.6) is 0 Å². The van der Waals surface area contributed by atoms with Crippen molar-refractivity contribution in [3.05, 3.63) is 45.1 Å². The fourth-order valence-electron chi connectivity index (χ4n) is 3.10. The minimum atomic E-state index is -0.659. The lowest BCUT2D eigenvalue weighted by molar-refractivity contribution is -0.142. The summed E-state index contributed by atoms with van der Waals surface area (Å²) < 4.78 is 4.62. The van der Waals surface area contributed by atoms with Crippen molar-refractivity contribution in [2.24, 2.45) is 0 Å². The normalized spacial score (nSPS) is 13.9. The van der Waals surface area contributed by atoms with Gasteiger partial charge in [-0.05, 0) is 17.7 Å². The van der Waals surface area contributed by atoms with Crippen LogP contribution in [-0.4, -0.2) is 96.2 Å². The highest BCUT2D eigenvalue weighted by molar-refractivity contribution is 6.42. The van der Waals surface area contributed by atoms with Crippen molar-refractivity contribution in [3.63, 3.8) is 0 Å². The van der Waals surface area contributed by atoms with Gasteiger partial charge in [0.15, 0.2) is 5.76 Å². The molecular weight excluding hydrogens is 449 g/mol. The molecule has 0 atom stereocenters. The number of halogens is 2. The molecule has 0 fully saturated rings. The zero-order valence-electron chi connectivity index (χ0n) is 17.3. The number of hydrogen-bond donors (Lipinski definition) is 2. The topological polar surface area (TPSA) is 111 Å². The second-order valence-corrected chi connectivity index (χ2v) is 7.85. The van der Waals surface area contributed by atoms with Gasteiger partial charge in [-0.3, -0.25) is 19.3 Å². The molecule has 1 aromatic carbocycles. The summed E-state index contributed by atoms with van der Waals surface area (Å²) in [5, 5.41) is 20.1. The number of esters is 1. The smallest absolute Gasteiger partial charge is 0.319 e. The van der Waals surface area contributed by atoms with E-state index in [2.05, 4.69) is 4.74 Å². The summed E-state index contributed by atoms with van der Waals surface area (Å²) >= 11 is 11.9. The number of ether oxygens (including phenoxy) is 1. The maximum absolute atomic E-state index is 12.8. The van der Waals surface area contributed by atoms with Crippen LogP contribution in [-0.2, 0) is 25.7 Å². The summed E-state index contributed by atoms with van der Waals surface area (Å²) in [6, 6.07) is 5.00. The molecule has 0 unspecified atom stereocenters. The van der Waals surface area contributed by atoms with E-state index in [0.717, 1.165) is 5.56 Å². The van der Waals surface area contributed by atoms with Crippen LogP contribution in [0.2, 0.25) is 10.0 Å². The van der Waals surface area contributed by atoms with Crippen LogP contribution < -0.4 is 0 Å². The minimum absolute atomic E-state index is 0.00534. The molecule has 0 aromatic heterocycles. The zero-order chi connectivity index (χ0) is 23.1. The van der Waals surface area contributed by atoms with Crippen LogP contribution in [0, 0.1) is 0 Å². The van der Waals surface area contributed by atoms with Crippen molar-refractivity contribution in [2.75, 3.05) is 53.5 Å². The van der Waals surface area contributed by atoms with E-state index in [1.165, 1.54) is 16.9 Å². The first kappa shape index (κ1) is 24.9. The lowest BCUT2D eigenvalue weighted by atomic mass is 10.2. The second-order valence-electron chi connectivity index (χ2n) is 7.04. The number of carbonyl (C=O) groups is 3. The van der Waals surface area contributed by atoms with Crippen molar-refractivity contribution in [2.45, 2.75) is 6.54 Å². The third-order valence-electron chi connectivity index (χ3n) is 4.82. The molecule has 0 saturated heterocycles. The van der Waals surface area contributed by atoms with Gasteiger partial charge in [0.25, 0.3) is 11.8 Å². The molecule has 0 bridgehead atoms. The van der Waals surface area contributed by atoms with Crippen LogP contribution in [0.1, 0.15) is 5.56 Å². The molecule has 0 spiro atoms. The molecule has 0 aliphatic carbocycles. The summed E-state index contributed by atoms with van der Waals surface area (Å²) in [6.07, 6.45) is 0. The first-order valence-corrected chi connectivity index (χ1v) is 10.2. The molecule has 1 aromatic rings. The average Bonchev–Trinajstić information content (AvgIpc) is 3.02. The number of amides is 2. The van der Waals surface area contributed by atoms with Crippen LogP contribution in [0.15, 0.2) is 29.5 Å². The standard InChI is InChI=1S/C20H25Cl2N3O6/c1-23(10-13-3-4-15(21)16(22)9-13)19(29)14-11-25(20(30)18(14)28)6-5-24(7-8-26)12-17(27)31-2/h3-4,9,26,28H,5-8,10-12H2,1-2H3. The average molecular weight is 474 g/mol. The van der Waals surface area contributed by atoms with E-state index < -0.39 is 23.5 Å². The summed E-state index contributed by atoms with van der Waals surface area (Å²) in [5.41, 5.74) is 0.739. The van der Waals surface area contributed by atoms with Gasteiger partial charge < -0.3 is 24.7 Å². The van der Waals surface area contributed by atoms with E-state index in [1.807, 2.05) is 0 Å². The number of carbonyl (C=O) groups excluding carboxylic acids is 3. The van der Waals surface area contributed by atoms with Gasteiger partial charge in [-0.1, -0.05) is 29.3 Å². The number of rotatable bonds is 10. The molecule has 2 amide bonds. The predicted octanol–water partition coefficient (Wildman–Crippen LogP) is 1.07. The molecule has 170 valence electrons. The Morgan fingerprint density at radius 1 is 1.23 bits per heavy atom. The second kappa shape index (κ2) is 11.3. The van der Waals surface area contributed by atoms with Gasteiger partial charge in [0.05, 0.1) is 42.4 Å². The van der Waals surface area contributed by atoms with Crippen molar-refractivity contribution in [1.82, 2.24) is 14.7 Å². The first-order chi connectivity index (χ1) is 14.7. The Kier molecular flexibility index (Phi) is 9.12. The van der Waals surface area contributed by atoms with E-state index in [1.54, 1.807) is 30.1 Å². The van der Waals surface area contributed by atoms with Gasteiger partial charge in [0, 0.05) is 33.2 Å². The molecular formula is C20H25Cl2N3O6. The summed E-state index contributed by atoms with van der Waals surface area (Å²) in [7, 11) is 2.81. The van der Waals surface area contributed by atoms with Gasteiger partial charge in [-0.2, -0.15) is 0 Å². The van der Waals surface area contributed by atoms with Crippen molar-refractivity contribution in [1.29, 1.82) is 0 Å². The van der Waals surface area contributed by atoms with E-state index in [-0.39, 0.29) is 51.4 Å². The molecule has 2 N–H and O–H groups in total. The predicted molar refractivity (Wildman–Crippen MR) is 115 cm³/mol. The number of aliphatic hydroxyl groups is 2. The number of aliphatic hydroxyl groups excluding tert-OH is 2. The van der Waals surface area contributed by atoms with E-state index in [9.17, 15) is 19.5 Å². The zero-order valence-corrected chi connectivity index (χ0v) is 18.8. The molecule has 1 heterocycles. The van der Waals surface area contributed by atoms with E-state index >= 15 is 0 Å². The minimum Gasteiger partial charge on any atom is -0.503 e. The Morgan fingerprint density at radius 3 is 2.55 bits per heavy atom. The number of likely N-dealkylation sites (N-methyl/N-ethyl adjacent to an activating group) is 1. The number of hydrogen-bond acceptors (Lipinski definition) is 7. The molecule has 2 rings (SSSR count). The highest BCUT2D eigenvalue weighted by Gasteiger charge is 2.35. The highest BCUT2D eigenvalue weighted by Crippen LogP contribution is 2.24. The molecule has 0 saturated carbocycles. The summed E-state index contributed by atoms with van der Waals surface area (Å²) in [4.78, 5) is 41.0. The Hall–Kier alpha value is -2.33. The van der Waals surface area contributed by atoms with Gasteiger partial charge in [-0.15, -0.1) is 0 Å². The van der Waals surface area contributed by atoms with Crippen LogP contribution in [0.25, 0.3) is 0 Å². The lowest BCUT2D eigenvalue weighted by Crippen LogP contribution is -2.41. The van der Waals surface area contributed by atoms with Gasteiger partial charge >= 0.3 is 5.97 Å². The summed E-state index contributed by atoms with van der Waals surface area (Å²) in [6.45, 7) is 0.579. The number of benzene rings is 1. The fourth-order valence-corrected chi connectivity index (χ4v) is 3.42. The summed E-state index contributed by atoms with van der Waals surface area (Å²) in [5.74, 6) is -2.20. The van der Waals surface area contributed by atoms with Crippen molar-refractivity contribution in [3.8, 4) is 0 Å². The molecule has 1 aliphatic heterocycles. The maximum Gasteiger partial charge on any atom is 0.319 e. The Bertz CT molecular complexity index is 876. The van der Waals surface area contributed by atoms with E-state index in [0.29, 0.717) is 10.0 Å². The SMILES string of the molecule is COC(=O)CN(CCO)CCN1CC(C(=O)N(C)Cc2ccc(Cl)c(Cl)c2)=C(O)C1=O. The third kappa shape index (κ3) is 6.57. The van der Waals surface area contributed by atoms with E-state index in [4.69, 9.17) is 28.3 Å². The Labute approximate surface area is 190 Å². The monoisotopic (exact) mass is 473 g/mol. The molecule has 9 nitrogen and oxygen atoms in total. The largest absolute Gasteiger partial charge is 0.503 e. The van der Waals surface area contributed by atoms with Crippen LogP contribution >= 0.6 is 23.2 Å². The Morgan fingerprint density at radius 2 is 1.94 bits per heavy atom. The van der Waals surface area contributed by atoms with Gasteiger partial charge in [-0.25, -0.2) is 0 Å². The highest BCUT2D eigenvalue weighted by atomic mass is 35.5. The van der Waals surface area contributed by atoms with Crippen LogP contribution in [0.4, 0.5) is 0 Å².